The summed E-state index contributed by atoms with van der Waals surface area (Å²) < 4.78 is 35.8. The number of carbonyl (C=O) groups excluding carboxylic acids is 1. The average Bonchev–Trinajstić information content (AvgIpc) is 3.22. The van der Waals surface area contributed by atoms with Gasteiger partial charge in [-0.15, -0.1) is 0 Å². The molecule has 0 saturated heterocycles. The van der Waals surface area contributed by atoms with Gasteiger partial charge in [-0.05, 0) is 48.5 Å². The molecule has 0 aliphatic heterocycles. The predicted molar refractivity (Wildman–Crippen MR) is 114 cm³/mol. The summed E-state index contributed by atoms with van der Waals surface area (Å²) in [7, 11) is 2.60. The van der Waals surface area contributed by atoms with Gasteiger partial charge in [-0.25, -0.2) is 18.2 Å². The highest BCUT2D eigenvalue weighted by atomic mass is 32.2. The van der Waals surface area contributed by atoms with Gasteiger partial charge in [0.05, 0.1) is 37.6 Å². The van der Waals surface area contributed by atoms with Crippen LogP contribution >= 0.6 is 0 Å². The molecule has 2 aromatic carbocycles. The number of hydroxylamine groups is 2. The summed E-state index contributed by atoms with van der Waals surface area (Å²) in [6.45, 7) is 0. The summed E-state index contributed by atoms with van der Waals surface area (Å²) in [6, 6.07) is 13.2. The molecule has 0 saturated carbocycles. The first-order valence-electron chi connectivity index (χ1n) is 9.14. The summed E-state index contributed by atoms with van der Waals surface area (Å²) in [6.07, 6.45) is 1.14. The molecule has 3 rings (SSSR count). The van der Waals surface area contributed by atoms with Crippen LogP contribution in [0.3, 0.4) is 0 Å². The Kier molecular flexibility index (Phi) is 6.32. The summed E-state index contributed by atoms with van der Waals surface area (Å²) >= 11 is 0. The molecule has 0 radical (unpaired) electrons. The topological polar surface area (TPSA) is 100.0 Å². The number of ether oxygens (including phenoxy) is 2. The number of rotatable bonds is 7. The van der Waals surface area contributed by atoms with Crippen LogP contribution in [0.2, 0.25) is 0 Å². The highest BCUT2D eigenvalue weighted by Crippen LogP contribution is 2.33. The quantitative estimate of drug-likeness (QED) is 0.515. The fourth-order valence-electron chi connectivity index (χ4n) is 2.96. The molecule has 0 fully saturated rings. The zero-order valence-electron chi connectivity index (χ0n) is 17.8. The summed E-state index contributed by atoms with van der Waals surface area (Å²) in [5, 5.41) is 5.51. The van der Waals surface area contributed by atoms with Crippen molar-refractivity contribution < 1.29 is 27.5 Å². The first-order chi connectivity index (χ1) is 14.7. The molecule has 10 heteroatoms. The van der Waals surface area contributed by atoms with E-state index in [9.17, 15) is 13.2 Å². The number of benzene rings is 2. The number of amides is 1. The lowest BCUT2D eigenvalue weighted by Gasteiger charge is -2.12. The number of methoxy groups -OCH3 is 2. The number of hydrogen-bond donors (Lipinski definition) is 0. The second-order valence-corrected chi connectivity index (χ2v) is 8.66. The van der Waals surface area contributed by atoms with Crippen molar-refractivity contribution in [3.63, 3.8) is 0 Å². The molecule has 1 aromatic heterocycles. The van der Waals surface area contributed by atoms with Crippen molar-refractivity contribution in [2.24, 2.45) is 0 Å². The zero-order valence-corrected chi connectivity index (χ0v) is 18.6. The van der Waals surface area contributed by atoms with E-state index in [0.717, 1.165) is 16.9 Å². The third-order valence-corrected chi connectivity index (χ3v) is 5.81. The maximum Gasteiger partial charge on any atom is 0.297 e. The molecule has 0 spiro atoms. The van der Waals surface area contributed by atoms with Gasteiger partial charge >= 0.3 is 0 Å². The molecule has 31 heavy (non-hydrogen) atoms. The standard InChI is InChI=1S/C21H23N3O6S/c1-23(30-4)21(25)17-13-18(14-6-11-19(28-2)20(12-14)29-3)24(22-17)15-7-9-16(10-8-15)31(5,26)27/h6-13H,1-5H3. The van der Waals surface area contributed by atoms with E-state index < -0.39 is 15.7 Å². The maximum atomic E-state index is 12.6. The van der Waals surface area contributed by atoms with Crippen LogP contribution < -0.4 is 9.47 Å². The number of aromatic nitrogens is 2. The van der Waals surface area contributed by atoms with E-state index in [4.69, 9.17) is 14.3 Å². The van der Waals surface area contributed by atoms with Crippen molar-refractivity contribution in [2.45, 2.75) is 4.90 Å². The van der Waals surface area contributed by atoms with Crippen molar-refractivity contribution >= 4 is 15.7 Å². The first kappa shape index (κ1) is 22.3. The fraction of sp³-hybridized carbons (Fsp3) is 0.238. The van der Waals surface area contributed by atoms with E-state index in [1.165, 1.54) is 33.4 Å². The lowest BCUT2D eigenvalue weighted by atomic mass is 10.1. The summed E-state index contributed by atoms with van der Waals surface area (Å²) in [4.78, 5) is 17.8. The molecule has 1 amide bonds. The Morgan fingerprint density at radius 1 is 0.968 bits per heavy atom. The second kappa shape index (κ2) is 8.78. The number of carbonyl (C=O) groups is 1. The lowest BCUT2D eigenvalue weighted by molar-refractivity contribution is -0.0760. The van der Waals surface area contributed by atoms with E-state index in [2.05, 4.69) is 5.10 Å². The molecule has 0 unspecified atom stereocenters. The Labute approximate surface area is 180 Å². The molecule has 0 aliphatic carbocycles. The van der Waals surface area contributed by atoms with E-state index in [1.54, 1.807) is 42.1 Å². The zero-order chi connectivity index (χ0) is 22.8. The molecule has 9 nitrogen and oxygen atoms in total. The van der Waals surface area contributed by atoms with Gasteiger partial charge < -0.3 is 9.47 Å². The van der Waals surface area contributed by atoms with Crippen LogP contribution in [0.25, 0.3) is 16.9 Å². The van der Waals surface area contributed by atoms with Gasteiger partial charge in [0, 0.05) is 18.9 Å². The minimum absolute atomic E-state index is 0.154. The Hall–Kier alpha value is -3.37. The minimum Gasteiger partial charge on any atom is -0.493 e. The normalized spacial score (nSPS) is 11.3. The number of sulfone groups is 1. The van der Waals surface area contributed by atoms with Gasteiger partial charge in [0.25, 0.3) is 5.91 Å². The van der Waals surface area contributed by atoms with Crippen LogP contribution in [-0.2, 0) is 14.7 Å². The van der Waals surface area contributed by atoms with Crippen molar-refractivity contribution in [3.05, 3.63) is 54.2 Å². The number of hydrogen-bond acceptors (Lipinski definition) is 7. The van der Waals surface area contributed by atoms with Crippen LogP contribution in [0.15, 0.2) is 53.4 Å². The monoisotopic (exact) mass is 445 g/mol. The molecule has 0 N–H and O–H groups in total. The Morgan fingerprint density at radius 2 is 1.61 bits per heavy atom. The van der Waals surface area contributed by atoms with Crippen molar-refractivity contribution in [2.75, 3.05) is 34.6 Å². The summed E-state index contributed by atoms with van der Waals surface area (Å²) in [5.74, 6) is 0.642. The van der Waals surface area contributed by atoms with E-state index in [1.807, 2.05) is 6.07 Å². The van der Waals surface area contributed by atoms with Crippen LogP contribution in [0, 0.1) is 0 Å². The van der Waals surface area contributed by atoms with E-state index in [-0.39, 0.29) is 10.6 Å². The van der Waals surface area contributed by atoms with Gasteiger partial charge in [-0.1, -0.05) is 0 Å². The third kappa shape index (κ3) is 4.54. The first-order valence-corrected chi connectivity index (χ1v) is 11.0. The van der Waals surface area contributed by atoms with Gasteiger partial charge in [-0.3, -0.25) is 9.63 Å². The van der Waals surface area contributed by atoms with Gasteiger partial charge in [0.15, 0.2) is 27.0 Å². The Bertz CT molecular complexity index is 1200. The van der Waals surface area contributed by atoms with Crippen molar-refractivity contribution in [1.29, 1.82) is 0 Å². The maximum absolute atomic E-state index is 12.6. The van der Waals surface area contributed by atoms with Crippen LogP contribution in [-0.4, -0.2) is 63.8 Å². The predicted octanol–water partition coefficient (Wildman–Crippen LogP) is 2.59. The molecular formula is C21H23N3O6S. The highest BCUT2D eigenvalue weighted by Gasteiger charge is 2.21. The molecule has 164 valence electrons. The molecular weight excluding hydrogens is 422 g/mol. The molecule has 0 aliphatic rings. The Balaban J connectivity index is 2.18. The highest BCUT2D eigenvalue weighted by molar-refractivity contribution is 7.90. The minimum atomic E-state index is -3.34. The molecule has 3 aromatic rings. The van der Waals surface area contributed by atoms with Crippen molar-refractivity contribution in [3.8, 4) is 28.4 Å². The smallest absolute Gasteiger partial charge is 0.297 e. The average molecular weight is 445 g/mol. The largest absolute Gasteiger partial charge is 0.493 e. The van der Waals surface area contributed by atoms with Gasteiger partial charge in [-0.2, -0.15) is 5.10 Å². The number of nitrogens with zero attached hydrogens (tertiary/aromatic N) is 3. The van der Waals surface area contributed by atoms with Crippen LogP contribution in [0.4, 0.5) is 0 Å². The van der Waals surface area contributed by atoms with Gasteiger partial charge in [0.1, 0.15) is 0 Å². The van der Waals surface area contributed by atoms with E-state index >= 15 is 0 Å². The SMILES string of the molecule is COc1ccc(-c2cc(C(=O)N(C)OC)nn2-c2ccc(S(C)(=O)=O)cc2)cc1OC. The molecule has 0 bridgehead atoms. The third-order valence-electron chi connectivity index (χ3n) is 4.68. The van der Waals surface area contributed by atoms with E-state index in [0.29, 0.717) is 22.9 Å². The Morgan fingerprint density at radius 3 is 2.16 bits per heavy atom. The van der Waals surface area contributed by atoms with Crippen molar-refractivity contribution in [1.82, 2.24) is 14.8 Å². The van der Waals surface area contributed by atoms with Crippen LogP contribution in [0.1, 0.15) is 10.5 Å². The van der Waals surface area contributed by atoms with Gasteiger partial charge in [0.2, 0.25) is 0 Å². The second-order valence-electron chi connectivity index (χ2n) is 6.65. The van der Waals surface area contributed by atoms with Crippen LogP contribution in [0.5, 0.6) is 11.5 Å². The molecule has 0 atom stereocenters. The fourth-order valence-corrected chi connectivity index (χ4v) is 3.59. The summed E-state index contributed by atoms with van der Waals surface area (Å²) in [5.41, 5.74) is 2.05. The molecule has 1 heterocycles. The lowest BCUT2D eigenvalue weighted by Crippen LogP contribution is -2.25.